The molecule has 1 aliphatic carbocycles. The number of rotatable bonds is 6. The fourth-order valence-electron chi connectivity index (χ4n) is 2.18. The number of hydrogen-bond donors (Lipinski definition) is 2. The lowest BCUT2D eigenvalue weighted by Gasteiger charge is -2.35. The second kappa shape index (κ2) is 6.41. The fraction of sp³-hybridized carbons (Fsp3) is 0.538. The highest BCUT2D eigenvalue weighted by Gasteiger charge is 2.33. The minimum atomic E-state index is -3.54. The van der Waals surface area contributed by atoms with Crippen molar-refractivity contribution in [2.75, 3.05) is 6.61 Å². The van der Waals surface area contributed by atoms with E-state index >= 15 is 0 Å². The van der Waals surface area contributed by atoms with Gasteiger partial charge in [0, 0.05) is 24.2 Å². The Morgan fingerprint density at radius 3 is 2.70 bits per heavy atom. The molecule has 20 heavy (non-hydrogen) atoms. The van der Waals surface area contributed by atoms with E-state index in [-0.39, 0.29) is 23.6 Å². The SMILES string of the molecule is CCOC1CC(NS(=O)(=O)c2ccc(CN)c(Cl)c2)C1. The lowest BCUT2D eigenvalue weighted by atomic mass is 9.90. The molecule has 0 aromatic heterocycles. The molecule has 1 aliphatic rings. The molecule has 7 heteroatoms. The molecule has 0 unspecified atom stereocenters. The van der Waals surface area contributed by atoms with Gasteiger partial charge >= 0.3 is 0 Å². The predicted octanol–water partition coefficient (Wildman–Crippen LogP) is 1.64. The van der Waals surface area contributed by atoms with Crippen LogP contribution in [-0.4, -0.2) is 27.2 Å². The van der Waals surface area contributed by atoms with Crippen molar-refractivity contribution in [3.63, 3.8) is 0 Å². The van der Waals surface area contributed by atoms with Gasteiger partial charge in [-0.3, -0.25) is 0 Å². The summed E-state index contributed by atoms with van der Waals surface area (Å²) in [5, 5.41) is 0.371. The van der Waals surface area contributed by atoms with Crippen LogP contribution in [0.1, 0.15) is 25.3 Å². The third-order valence-electron chi connectivity index (χ3n) is 3.37. The Balaban J connectivity index is 2.02. The molecule has 0 atom stereocenters. The third kappa shape index (κ3) is 3.51. The first-order chi connectivity index (χ1) is 9.46. The van der Waals surface area contributed by atoms with Gasteiger partial charge < -0.3 is 10.5 Å². The number of nitrogens with one attached hydrogen (secondary N) is 1. The zero-order chi connectivity index (χ0) is 14.8. The quantitative estimate of drug-likeness (QED) is 0.835. The van der Waals surface area contributed by atoms with Crippen LogP contribution in [0.2, 0.25) is 5.02 Å². The van der Waals surface area contributed by atoms with Crippen molar-refractivity contribution in [2.24, 2.45) is 5.73 Å². The summed E-state index contributed by atoms with van der Waals surface area (Å²) in [5.74, 6) is 0. The van der Waals surface area contributed by atoms with E-state index in [1.54, 1.807) is 6.07 Å². The summed E-state index contributed by atoms with van der Waals surface area (Å²) >= 11 is 5.99. The highest BCUT2D eigenvalue weighted by Crippen LogP contribution is 2.26. The van der Waals surface area contributed by atoms with Gasteiger partial charge in [0.2, 0.25) is 10.0 Å². The second-order valence-electron chi connectivity index (χ2n) is 4.82. The van der Waals surface area contributed by atoms with E-state index in [1.165, 1.54) is 12.1 Å². The highest BCUT2D eigenvalue weighted by molar-refractivity contribution is 7.89. The van der Waals surface area contributed by atoms with Gasteiger partial charge in [-0.15, -0.1) is 0 Å². The molecular weight excluding hydrogens is 300 g/mol. The van der Waals surface area contributed by atoms with E-state index < -0.39 is 10.0 Å². The maximum atomic E-state index is 12.2. The molecule has 1 aromatic carbocycles. The molecule has 0 radical (unpaired) electrons. The number of halogens is 1. The van der Waals surface area contributed by atoms with Gasteiger partial charge in [-0.25, -0.2) is 13.1 Å². The summed E-state index contributed by atoms with van der Waals surface area (Å²) in [4.78, 5) is 0.166. The molecule has 1 saturated carbocycles. The van der Waals surface area contributed by atoms with Crippen LogP contribution in [-0.2, 0) is 21.3 Å². The van der Waals surface area contributed by atoms with Gasteiger partial charge in [0.25, 0.3) is 0 Å². The Morgan fingerprint density at radius 2 is 2.15 bits per heavy atom. The summed E-state index contributed by atoms with van der Waals surface area (Å²) in [6, 6.07) is 4.53. The average molecular weight is 319 g/mol. The Hall–Kier alpha value is -0.660. The normalized spacial score (nSPS) is 22.6. The summed E-state index contributed by atoms with van der Waals surface area (Å²) in [6.07, 6.45) is 1.58. The maximum Gasteiger partial charge on any atom is 0.240 e. The van der Waals surface area contributed by atoms with Gasteiger partial charge in [0.15, 0.2) is 0 Å². The molecule has 5 nitrogen and oxygen atoms in total. The molecule has 0 heterocycles. The summed E-state index contributed by atoms with van der Waals surface area (Å²) in [7, 11) is -3.54. The Morgan fingerprint density at radius 1 is 1.45 bits per heavy atom. The third-order valence-corrected chi connectivity index (χ3v) is 5.24. The number of hydrogen-bond acceptors (Lipinski definition) is 4. The Bertz CT molecular complexity index is 571. The van der Waals surface area contributed by atoms with Crippen LogP contribution in [0.3, 0.4) is 0 Å². The van der Waals surface area contributed by atoms with E-state index in [4.69, 9.17) is 22.1 Å². The van der Waals surface area contributed by atoms with E-state index in [9.17, 15) is 8.42 Å². The molecule has 0 bridgehead atoms. The number of benzene rings is 1. The van der Waals surface area contributed by atoms with Crippen molar-refractivity contribution < 1.29 is 13.2 Å². The van der Waals surface area contributed by atoms with Crippen molar-refractivity contribution in [3.8, 4) is 0 Å². The van der Waals surface area contributed by atoms with Crippen molar-refractivity contribution in [1.82, 2.24) is 4.72 Å². The van der Waals surface area contributed by atoms with Gasteiger partial charge in [0.1, 0.15) is 0 Å². The molecule has 0 aliphatic heterocycles. The Kier molecular flexibility index (Phi) is 5.04. The van der Waals surface area contributed by atoms with Crippen LogP contribution in [0, 0.1) is 0 Å². The smallest absolute Gasteiger partial charge is 0.240 e. The molecule has 0 amide bonds. The van der Waals surface area contributed by atoms with Gasteiger partial charge in [-0.1, -0.05) is 17.7 Å². The summed E-state index contributed by atoms with van der Waals surface area (Å²) in [5.41, 5.74) is 6.23. The number of sulfonamides is 1. The van der Waals surface area contributed by atoms with Crippen molar-refractivity contribution >= 4 is 21.6 Å². The lowest BCUT2D eigenvalue weighted by Crippen LogP contribution is -2.47. The molecule has 3 N–H and O–H groups in total. The zero-order valence-electron chi connectivity index (χ0n) is 11.3. The lowest BCUT2D eigenvalue weighted by molar-refractivity contribution is -0.00475. The van der Waals surface area contributed by atoms with Crippen LogP contribution in [0.4, 0.5) is 0 Å². The van der Waals surface area contributed by atoms with Crippen LogP contribution >= 0.6 is 11.6 Å². The van der Waals surface area contributed by atoms with E-state index in [1.807, 2.05) is 6.92 Å². The van der Waals surface area contributed by atoms with Crippen LogP contribution < -0.4 is 10.5 Å². The van der Waals surface area contributed by atoms with Crippen molar-refractivity contribution in [2.45, 2.75) is 43.4 Å². The van der Waals surface area contributed by atoms with Gasteiger partial charge in [-0.2, -0.15) is 0 Å². The topological polar surface area (TPSA) is 81.4 Å². The van der Waals surface area contributed by atoms with Crippen molar-refractivity contribution in [1.29, 1.82) is 0 Å². The molecule has 2 rings (SSSR count). The zero-order valence-corrected chi connectivity index (χ0v) is 12.9. The molecule has 0 spiro atoms. The summed E-state index contributed by atoms with van der Waals surface area (Å²) < 4.78 is 32.5. The minimum absolute atomic E-state index is 0.0653. The average Bonchev–Trinajstić information content (AvgIpc) is 2.36. The van der Waals surface area contributed by atoms with Crippen LogP contribution in [0.5, 0.6) is 0 Å². The highest BCUT2D eigenvalue weighted by atomic mass is 35.5. The first kappa shape index (κ1) is 15.7. The van der Waals surface area contributed by atoms with Gasteiger partial charge in [0.05, 0.1) is 11.0 Å². The molecule has 112 valence electrons. The van der Waals surface area contributed by atoms with E-state index in [2.05, 4.69) is 4.72 Å². The Labute approximate surface area is 124 Å². The first-order valence-electron chi connectivity index (χ1n) is 6.58. The predicted molar refractivity (Wildman–Crippen MR) is 78.1 cm³/mol. The van der Waals surface area contributed by atoms with Crippen LogP contribution in [0.25, 0.3) is 0 Å². The monoisotopic (exact) mass is 318 g/mol. The molecular formula is C13H19ClN2O3S. The molecule has 1 fully saturated rings. The molecule has 1 aromatic rings. The maximum absolute atomic E-state index is 12.2. The first-order valence-corrected chi connectivity index (χ1v) is 8.44. The van der Waals surface area contributed by atoms with Crippen molar-refractivity contribution in [3.05, 3.63) is 28.8 Å². The minimum Gasteiger partial charge on any atom is -0.378 e. The molecule has 0 saturated heterocycles. The van der Waals surface area contributed by atoms with E-state index in [0.29, 0.717) is 24.5 Å². The number of nitrogens with two attached hydrogens (primary N) is 1. The van der Waals surface area contributed by atoms with Crippen LogP contribution in [0.15, 0.2) is 23.1 Å². The second-order valence-corrected chi connectivity index (χ2v) is 6.95. The van der Waals surface area contributed by atoms with E-state index in [0.717, 1.165) is 5.56 Å². The summed E-state index contributed by atoms with van der Waals surface area (Å²) in [6.45, 7) is 2.87. The largest absolute Gasteiger partial charge is 0.378 e. The number of ether oxygens (including phenoxy) is 1. The standard InChI is InChI=1S/C13H19ClN2O3S/c1-2-19-11-5-10(6-11)16-20(17,18)12-4-3-9(8-15)13(14)7-12/h3-4,7,10-11,16H,2,5-6,8,15H2,1H3. The van der Waals surface area contributed by atoms with Gasteiger partial charge in [-0.05, 0) is 37.5 Å². The fourth-order valence-corrected chi connectivity index (χ4v) is 3.79.